The molecular weight excluding hydrogens is 336 g/mol. The van der Waals surface area contributed by atoms with Gasteiger partial charge in [-0.25, -0.2) is 13.6 Å². The van der Waals surface area contributed by atoms with Crippen LogP contribution in [0.15, 0.2) is 18.2 Å². The quantitative estimate of drug-likeness (QED) is 0.742. The highest BCUT2D eigenvalue weighted by atomic mass is 19.1. The average Bonchev–Trinajstić information content (AvgIpc) is 2.74. The van der Waals surface area contributed by atoms with Crippen molar-refractivity contribution in [3.63, 3.8) is 0 Å². The summed E-state index contributed by atoms with van der Waals surface area (Å²) in [4.78, 5) is 37.3. The normalized spacial score (nSPS) is 21.2. The molecule has 4 amide bonds. The molecule has 9 heteroatoms. The third-order valence-electron chi connectivity index (χ3n) is 3.87. The lowest BCUT2D eigenvalue weighted by Gasteiger charge is -2.23. The van der Waals surface area contributed by atoms with Crippen molar-refractivity contribution in [1.29, 1.82) is 0 Å². The molecule has 1 aromatic carbocycles. The summed E-state index contributed by atoms with van der Waals surface area (Å²) in [6, 6.07) is 1.46. The van der Waals surface area contributed by atoms with E-state index >= 15 is 0 Å². The van der Waals surface area contributed by atoms with Crippen LogP contribution in [0.1, 0.15) is 19.4 Å². The summed E-state index contributed by atoms with van der Waals surface area (Å²) in [5.74, 6) is -2.99. The number of methoxy groups -OCH3 is 1. The van der Waals surface area contributed by atoms with Gasteiger partial charge >= 0.3 is 6.03 Å². The molecule has 0 bridgehead atoms. The van der Waals surface area contributed by atoms with Crippen LogP contribution >= 0.6 is 0 Å². The number of amides is 4. The van der Waals surface area contributed by atoms with Gasteiger partial charge in [0.1, 0.15) is 23.7 Å². The molecule has 0 spiro atoms. The van der Waals surface area contributed by atoms with E-state index in [0.717, 1.165) is 18.2 Å². The Morgan fingerprint density at radius 3 is 2.72 bits per heavy atom. The van der Waals surface area contributed by atoms with Gasteiger partial charge < -0.3 is 15.4 Å². The lowest BCUT2D eigenvalue weighted by Crippen LogP contribution is -2.46. The lowest BCUT2D eigenvalue weighted by atomic mass is 9.91. The zero-order valence-electron chi connectivity index (χ0n) is 14.1. The van der Waals surface area contributed by atoms with Gasteiger partial charge in [0.15, 0.2) is 0 Å². The van der Waals surface area contributed by atoms with Crippen LogP contribution in [-0.2, 0) is 19.9 Å². The Balaban J connectivity index is 2.19. The first-order valence-electron chi connectivity index (χ1n) is 7.57. The van der Waals surface area contributed by atoms with Crippen molar-refractivity contribution in [3.8, 4) is 0 Å². The second-order valence-corrected chi connectivity index (χ2v) is 5.99. The van der Waals surface area contributed by atoms with Crippen LogP contribution in [0.3, 0.4) is 0 Å². The molecule has 1 aliphatic rings. The van der Waals surface area contributed by atoms with E-state index in [-0.39, 0.29) is 18.2 Å². The molecule has 2 rings (SSSR count). The molecule has 0 radical (unpaired) electrons. The highest BCUT2D eigenvalue weighted by molar-refractivity contribution is 6.09. The third-order valence-corrected chi connectivity index (χ3v) is 3.87. The SMILES string of the molecule is COC[C@@H](C)NC(=O)CN1C(=O)N[C@](C)(c2cc(F)ccc2F)C1=O. The number of nitrogens with one attached hydrogen (secondary N) is 2. The van der Waals surface area contributed by atoms with Crippen LogP contribution in [0.25, 0.3) is 0 Å². The van der Waals surface area contributed by atoms with Crippen LogP contribution in [-0.4, -0.2) is 49.0 Å². The fraction of sp³-hybridized carbons (Fsp3) is 0.438. The maximum absolute atomic E-state index is 14.0. The molecule has 0 aromatic heterocycles. The Labute approximate surface area is 143 Å². The number of rotatable bonds is 6. The molecule has 0 aliphatic carbocycles. The maximum Gasteiger partial charge on any atom is 0.325 e. The average molecular weight is 355 g/mol. The highest BCUT2D eigenvalue weighted by Gasteiger charge is 2.50. The van der Waals surface area contributed by atoms with Crippen molar-refractivity contribution < 1.29 is 27.9 Å². The van der Waals surface area contributed by atoms with Crippen LogP contribution in [0.4, 0.5) is 13.6 Å². The fourth-order valence-electron chi connectivity index (χ4n) is 2.66. The standard InChI is InChI=1S/C16H19F2N3O4/c1-9(8-25-3)19-13(22)7-21-14(23)16(2,20-15(21)24)11-6-10(17)4-5-12(11)18/h4-6,9H,7-8H2,1-3H3,(H,19,22)(H,20,24)/t9-,16-/m1/s1. The van der Waals surface area contributed by atoms with Crippen LogP contribution in [0.2, 0.25) is 0 Å². The first kappa shape index (κ1) is 18.8. The number of hydrogen-bond acceptors (Lipinski definition) is 4. The second kappa shape index (κ2) is 7.14. The molecule has 1 aromatic rings. The minimum Gasteiger partial charge on any atom is -0.383 e. The van der Waals surface area contributed by atoms with E-state index in [9.17, 15) is 23.2 Å². The number of ether oxygens (including phenoxy) is 1. The van der Waals surface area contributed by atoms with Gasteiger partial charge in [0.25, 0.3) is 5.91 Å². The van der Waals surface area contributed by atoms with Gasteiger partial charge in [-0.3, -0.25) is 14.5 Å². The number of carbonyl (C=O) groups excluding carboxylic acids is 3. The molecule has 7 nitrogen and oxygen atoms in total. The monoisotopic (exact) mass is 355 g/mol. The van der Waals surface area contributed by atoms with Crippen molar-refractivity contribution in [2.75, 3.05) is 20.3 Å². The molecule has 2 N–H and O–H groups in total. The minimum atomic E-state index is -1.79. The van der Waals surface area contributed by atoms with Gasteiger partial charge in [0.2, 0.25) is 5.91 Å². The van der Waals surface area contributed by atoms with Crippen molar-refractivity contribution in [3.05, 3.63) is 35.4 Å². The topological polar surface area (TPSA) is 87.7 Å². The van der Waals surface area contributed by atoms with Crippen LogP contribution in [0, 0.1) is 11.6 Å². The maximum atomic E-state index is 14.0. The Morgan fingerprint density at radius 1 is 1.40 bits per heavy atom. The number of carbonyl (C=O) groups is 3. The zero-order chi connectivity index (χ0) is 18.8. The molecule has 2 atom stereocenters. The van der Waals surface area contributed by atoms with Gasteiger partial charge in [-0.15, -0.1) is 0 Å². The molecular formula is C16H19F2N3O4. The van der Waals surface area contributed by atoms with E-state index in [1.807, 2.05) is 0 Å². The van der Waals surface area contributed by atoms with Crippen molar-refractivity contribution >= 4 is 17.8 Å². The number of benzene rings is 1. The van der Waals surface area contributed by atoms with E-state index in [4.69, 9.17) is 4.74 Å². The van der Waals surface area contributed by atoms with Crippen molar-refractivity contribution in [2.24, 2.45) is 0 Å². The number of hydrogen-bond donors (Lipinski definition) is 2. The molecule has 25 heavy (non-hydrogen) atoms. The first-order chi connectivity index (χ1) is 11.7. The van der Waals surface area contributed by atoms with Gasteiger partial charge in [0, 0.05) is 18.7 Å². The summed E-state index contributed by atoms with van der Waals surface area (Å²) in [7, 11) is 1.47. The van der Waals surface area contributed by atoms with E-state index in [0.29, 0.717) is 4.90 Å². The molecule has 0 saturated carbocycles. The van der Waals surface area contributed by atoms with Crippen molar-refractivity contribution in [2.45, 2.75) is 25.4 Å². The van der Waals surface area contributed by atoms with E-state index in [1.54, 1.807) is 6.92 Å². The number of halogens is 2. The summed E-state index contributed by atoms with van der Waals surface area (Å²) in [6.07, 6.45) is 0. The fourth-order valence-corrected chi connectivity index (χ4v) is 2.66. The van der Waals surface area contributed by atoms with Crippen molar-refractivity contribution in [1.82, 2.24) is 15.5 Å². The second-order valence-electron chi connectivity index (χ2n) is 5.99. The van der Waals surface area contributed by atoms with Gasteiger partial charge in [0.05, 0.1) is 6.61 Å². The molecule has 1 fully saturated rings. The molecule has 1 heterocycles. The number of nitrogens with zero attached hydrogens (tertiary/aromatic N) is 1. The van der Waals surface area contributed by atoms with Crippen LogP contribution < -0.4 is 10.6 Å². The number of imide groups is 1. The van der Waals surface area contributed by atoms with E-state index < -0.39 is 41.6 Å². The predicted octanol–water partition coefficient (Wildman–Crippen LogP) is 0.883. The molecule has 1 saturated heterocycles. The summed E-state index contributed by atoms with van der Waals surface area (Å²) in [5.41, 5.74) is -2.09. The highest BCUT2D eigenvalue weighted by Crippen LogP contribution is 2.31. The Hall–Kier alpha value is -2.55. The zero-order valence-corrected chi connectivity index (χ0v) is 14.1. The Bertz CT molecular complexity index is 713. The van der Waals surface area contributed by atoms with Gasteiger partial charge in [-0.05, 0) is 32.0 Å². The third kappa shape index (κ3) is 3.76. The summed E-state index contributed by atoms with van der Waals surface area (Å²) in [5, 5.41) is 4.89. The lowest BCUT2D eigenvalue weighted by molar-refractivity contribution is -0.135. The summed E-state index contributed by atoms with van der Waals surface area (Å²) in [6.45, 7) is 2.68. The van der Waals surface area contributed by atoms with Crippen LogP contribution in [0.5, 0.6) is 0 Å². The van der Waals surface area contributed by atoms with E-state index in [2.05, 4.69) is 10.6 Å². The smallest absolute Gasteiger partial charge is 0.325 e. The first-order valence-corrected chi connectivity index (χ1v) is 7.57. The Morgan fingerprint density at radius 2 is 2.08 bits per heavy atom. The minimum absolute atomic E-state index is 0.262. The van der Waals surface area contributed by atoms with E-state index in [1.165, 1.54) is 14.0 Å². The van der Waals surface area contributed by atoms with Gasteiger partial charge in [-0.2, -0.15) is 0 Å². The summed E-state index contributed by atoms with van der Waals surface area (Å²) >= 11 is 0. The Kier molecular flexibility index (Phi) is 5.36. The van der Waals surface area contributed by atoms with Gasteiger partial charge in [-0.1, -0.05) is 0 Å². The predicted molar refractivity (Wildman–Crippen MR) is 83.4 cm³/mol. The molecule has 136 valence electrons. The molecule has 1 aliphatic heterocycles. The largest absolute Gasteiger partial charge is 0.383 e. The summed E-state index contributed by atoms with van der Waals surface area (Å²) < 4.78 is 32.3. The number of urea groups is 1. The molecule has 0 unspecified atom stereocenters.